The Kier molecular flexibility index (Phi) is 1.33. The van der Waals surface area contributed by atoms with Gasteiger partial charge in [0.05, 0.1) is 0 Å². The van der Waals surface area contributed by atoms with Crippen molar-refractivity contribution in [3.05, 3.63) is 0 Å². The van der Waals surface area contributed by atoms with E-state index < -0.39 is 7.49 Å². The van der Waals surface area contributed by atoms with Crippen molar-refractivity contribution in [1.29, 1.82) is 0 Å². The molecule has 0 bridgehead atoms. The van der Waals surface area contributed by atoms with Crippen molar-refractivity contribution in [1.82, 2.24) is 0 Å². The van der Waals surface area contributed by atoms with Gasteiger partial charge in [-0.2, -0.15) is 0 Å². The first-order valence-electron chi connectivity index (χ1n) is 1.72. The first-order valence-corrected chi connectivity index (χ1v) is 5.17. The monoisotopic (exact) mass is 94.1 g/mol. The molecular weight excluding hydrogens is 83.0 g/mol. The van der Waals surface area contributed by atoms with Crippen LogP contribution in [0, 0.1) is 0 Å². The molecule has 0 aromatic rings. The average Bonchev–Trinajstić information content (AvgIpc) is 0.722. The summed E-state index contributed by atoms with van der Waals surface area (Å²) in [7, 11) is -1.61. The zero-order valence-corrected chi connectivity index (χ0v) is 4.95. The van der Waals surface area contributed by atoms with Crippen LogP contribution < -0.4 is 0 Å². The van der Waals surface area contributed by atoms with Gasteiger partial charge in [-0.25, -0.2) is 0 Å². The molecule has 2 heteroatoms. The Hall–Kier alpha value is 0.390. The van der Waals surface area contributed by atoms with E-state index >= 15 is 0 Å². The molecule has 0 aromatic carbocycles. The molecule has 0 rings (SSSR count). The molecule has 0 heterocycles. The Morgan fingerprint density at radius 1 is 1.20 bits per heavy atom. The molecule has 1 N–H and O–H groups in total. The van der Waals surface area contributed by atoms with Crippen LogP contribution in [0.3, 0.4) is 0 Å². The molecule has 0 aliphatic heterocycles. The van der Waals surface area contributed by atoms with Crippen molar-refractivity contribution < 1.29 is 4.89 Å². The van der Waals surface area contributed by atoms with Gasteiger partial charge in [-0.05, 0) is 0 Å². The van der Waals surface area contributed by atoms with Crippen LogP contribution in [0.2, 0.25) is 0 Å². The third-order valence-electron chi connectivity index (χ3n) is 0. The Morgan fingerprint density at radius 3 is 1.20 bits per heavy atom. The molecule has 0 aliphatic carbocycles. The third kappa shape index (κ3) is 165. The first kappa shape index (κ1) is 5.39. The van der Waals surface area contributed by atoms with Crippen molar-refractivity contribution in [2.45, 2.75) is 0 Å². The number of rotatable bonds is 0. The Bertz CT molecular complexity index is 22.4. The van der Waals surface area contributed by atoms with Gasteiger partial charge in [0, 0.05) is 0 Å². The average molecular weight is 94.1 g/mol. The normalized spacial score (nSPS) is 15.2. The standard InChI is InChI=1S/C3H11OP/c1-5(2,3)4/h4-5H,1-3H3. The summed E-state index contributed by atoms with van der Waals surface area (Å²) < 4.78 is 0. The van der Waals surface area contributed by atoms with E-state index in [2.05, 4.69) is 0 Å². The molecule has 34 valence electrons. The number of hydrogen-bond acceptors (Lipinski definition) is 1. The van der Waals surface area contributed by atoms with Gasteiger partial charge < -0.3 is 0 Å². The fraction of sp³-hybridized carbons (Fsp3) is 1.00. The molecule has 0 radical (unpaired) electrons. The topological polar surface area (TPSA) is 20.2 Å². The fourth-order valence-corrected chi connectivity index (χ4v) is 0. The molecule has 0 atom stereocenters. The van der Waals surface area contributed by atoms with Gasteiger partial charge in [0.2, 0.25) is 0 Å². The second-order valence-electron chi connectivity index (χ2n) is 2.17. The maximum atomic E-state index is 8.66. The van der Waals surface area contributed by atoms with Gasteiger partial charge in [-0.1, -0.05) is 0 Å². The van der Waals surface area contributed by atoms with Crippen LogP contribution in [-0.2, 0) is 0 Å². The van der Waals surface area contributed by atoms with Gasteiger partial charge >= 0.3 is 32.4 Å². The predicted molar refractivity (Wildman–Crippen MR) is 28.3 cm³/mol. The summed E-state index contributed by atoms with van der Waals surface area (Å²) in [6.07, 6.45) is 0. The van der Waals surface area contributed by atoms with Crippen molar-refractivity contribution in [3.8, 4) is 0 Å². The summed E-state index contributed by atoms with van der Waals surface area (Å²) in [5.41, 5.74) is 0. The first-order chi connectivity index (χ1) is 2.00. The summed E-state index contributed by atoms with van der Waals surface area (Å²) >= 11 is 0. The quantitative estimate of drug-likeness (QED) is 0.434. The molecule has 0 amide bonds. The van der Waals surface area contributed by atoms with Crippen molar-refractivity contribution >= 4 is 7.49 Å². The van der Waals surface area contributed by atoms with Crippen LogP contribution in [0.15, 0.2) is 0 Å². The van der Waals surface area contributed by atoms with Gasteiger partial charge in [-0.15, -0.1) is 0 Å². The second kappa shape index (κ2) is 1.24. The van der Waals surface area contributed by atoms with Crippen LogP contribution in [0.4, 0.5) is 0 Å². The van der Waals surface area contributed by atoms with E-state index in [4.69, 9.17) is 4.89 Å². The summed E-state index contributed by atoms with van der Waals surface area (Å²) in [6.45, 7) is 5.65. The molecule has 0 aromatic heterocycles. The fourth-order valence-electron chi connectivity index (χ4n) is 0. The molecular formula is C3H11OP. The number of hydrogen-bond donors (Lipinski definition) is 1. The van der Waals surface area contributed by atoms with Crippen molar-refractivity contribution in [3.63, 3.8) is 0 Å². The van der Waals surface area contributed by atoms with Crippen LogP contribution in [0.1, 0.15) is 0 Å². The molecule has 5 heavy (non-hydrogen) atoms. The summed E-state index contributed by atoms with van der Waals surface area (Å²) in [5, 5.41) is 0. The minimum absolute atomic E-state index is 1.61. The van der Waals surface area contributed by atoms with E-state index in [1.54, 1.807) is 0 Å². The SMILES string of the molecule is C[PH](C)(C)O. The van der Waals surface area contributed by atoms with E-state index in [9.17, 15) is 0 Å². The van der Waals surface area contributed by atoms with Crippen molar-refractivity contribution in [2.24, 2.45) is 0 Å². The van der Waals surface area contributed by atoms with Crippen LogP contribution in [0.5, 0.6) is 0 Å². The molecule has 0 fully saturated rings. The van der Waals surface area contributed by atoms with Gasteiger partial charge in [0.1, 0.15) is 0 Å². The van der Waals surface area contributed by atoms with Gasteiger partial charge in [-0.3, -0.25) is 0 Å². The van der Waals surface area contributed by atoms with Crippen molar-refractivity contribution in [2.75, 3.05) is 20.0 Å². The minimum atomic E-state index is -1.61. The molecule has 0 spiro atoms. The molecule has 0 unspecified atom stereocenters. The zero-order valence-electron chi connectivity index (χ0n) is 3.95. The van der Waals surface area contributed by atoms with E-state index in [0.717, 1.165) is 0 Å². The summed E-state index contributed by atoms with van der Waals surface area (Å²) in [4.78, 5) is 8.66. The third-order valence-corrected chi connectivity index (χ3v) is 0. The van der Waals surface area contributed by atoms with Crippen LogP contribution in [0.25, 0.3) is 0 Å². The maximum absolute atomic E-state index is 8.66. The predicted octanol–water partition coefficient (Wildman–Crippen LogP) is 0.533. The van der Waals surface area contributed by atoms with E-state index in [-0.39, 0.29) is 0 Å². The van der Waals surface area contributed by atoms with E-state index in [0.29, 0.717) is 0 Å². The Labute approximate surface area is 33.4 Å². The van der Waals surface area contributed by atoms with Crippen LogP contribution in [-0.4, -0.2) is 24.9 Å². The molecule has 0 saturated heterocycles. The zero-order chi connectivity index (χ0) is 4.50. The van der Waals surface area contributed by atoms with Gasteiger partial charge in [0.25, 0.3) is 0 Å². The Morgan fingerprint density at radius 2 is 1.20 bits per heavy atom. The van der Waals surface area contributed by atoms with Crippen LogP contribution >= 0.6 is 7.49 Å². The molecule has 0 saturated carbocycles. The van der Waals surface area contributed by atoms with E-state index in [1.807, 2.05) is 20.0 Å². The molecule has 1 nitrogen and oxygen atoms in total. The Balaban J connectivity index is 3.02. The molecule has 0 aliphatic rings. The van der Waals surface area contributed by atoms with Gasteiger partial charge in [0.15, 0.2) is 0 Å². The second-order valence-corrected chi connectivity index (χ2v) is 6.51. The summed E-state index contributed by atoms with van der Waals surface area (Å²) in [6, 6.07) is 0. The van der Waals surface area contributed by atoms with E-state index in [1.165, 1.54) is 0 Å². The summed E-state index contributed by atoms with van der Waals surface area (Å²) in [5.74, 6) is 0.